The van der Waals surface area contributed by atoms with E-state index in [4.69, 9.17) is 0 Å². The van der Waals surface area contributed by atoms with Crippen molar-refractivity contribution in [1.29, 1.82) is 0 Å². The molecule has 0 bridgehead atoms. The third-order valence-electron chi connectivity index (χ3n) is 4.22. The Labute approximate surface area is 136 Å². The van der Waals surface area contributed by atoms with E-state index in [1.807, 2.05) is 59.5 Å². The Balaban J connectivity index is 1.86. The van der Waals surface area contributed by atoms with Gasteiger partial charge in [0.25, 0.3) is 0 Å². The minimum atomic E-state index is -0.400. The second-order valence-corrected chi connectivity index (χ2v) is 5.88. The third kappa shape index (κ3) is 3.71. The summed E-state index contributed by atoms with van der Waals surface area (Å²) >= 11 is 0. The van der Waals surface area contributed by atoms with Gasteiger partial charge in [-0.2, -0.15) is 0 Å². The zero-order chi connectivity index (χ0) is 16.1. The number of aliphatic hydroxyl groups is 1. The summed E-state index contributed by atoms with van der Waals surface area (Å²) < 4.78 is 0. The molecule has 4 heteroatoms. The molecule has 120 valence electrons. The first-order chi connectivity index (χ1) is 11.3. The molecule has 1 fully saturated rings. The minimum absolute atomic E-state index is 0.00834. The standard InChI is InChI=1S/C19H22N2O2/c22-14-15-7-6-10-17(13-15)20-18(16-8-2-1-3-9-16)19(23)21-11-4-5-12-21/h1-3,6-10,13,18,20,22H,4-5,11-12,14H2/t18-/m0/s1. The number of aliphatic hydroxyl groups excluding tert-OH is 1. The first kappa shape index (κ1) is 15.6. The average molecular weight is 310 g/mol. The van der Waals surface area contributed by atoms with Crippen molar-refractivity contribution in [1.82, 2.24) is 4.90 Å². The van der Waals surface area contributed by atoms with Crippen molar-refractivity contribution >= 4 is 11.6 Å². The van der Waals surface area contributed by atoms with Crippen LogP contribution in [0, 0.1) is 0 Å². The second kappa shape index (κ2) is 7.29. The molecule has 0 aromatic heterocycles. The molecule has 0 saturated carbocycles. The highest BCUT2D eigenvalue weighted by atomic mass is 16.3. The molecule has 2 aromatic rings. The molecule has 0 spiro atoms. The lowest BCUT2D eigenvalue weighted by molar-refractivity contribution is -0.131. The normalized spacial score (nSPS) is 15.4. The molecule has 2 N–H and O–H groups in total. The summed E-state index contributed by atoms with van der Waals surface area (Å²) in [4.78, 5) is 14.8. The van der Waals surface area contributed by atoms with Crippen LogP contribution in [0.5, 0.6) is 0 Å². The fourth-order valence-electron chi connectivity index (χ4n) is 2.98. The van der Waals surface area contributed by atoms with Crippen LogP contribution in [0.3, 0.4) is 0 Å². The molecular formula is C19H22N2O2. The summed E-state index contributed by atoms with van der Waals surface area (Å²) in [6.45, 7) is 1.66. The number of benzene rings is 2. The van der Waals surface area contributed by atoms with Crippen molar-refractivity contribution in [3.05, 3.63) is 65.7 Å². The van der Waals surface area contributed by atoms with Gasteiger partial charge in [-0.25, -0.2) is 0 Å². The maximum absolute atomic E-state index is 12.9. The molecule has 1 aliphatic rings. The number of amides is 1. The van der Waals surface area contributed by atoms with Crippen molar-refractivity contribution in [2.45, 2.75) is 25.5 Å². The lowest BCUT2D eigenvalue weighted by Crippen LogP contribution is -2.36. The Hall–Kier alpha value is -2.33. The van der Waals surface area contributed by atoms with Gasteiger partial charge in [-0.15, -0.1) is 0 Å². The zero-order valence-electron chi connectivity index (χ0n) is 13.1. The molecule has 1 aliphatic heterocycles. The molecule has 2 aromatic carbocycles. The number of carbonyl (C=O) groups is 1. The summed E-state index contributed by atoms with van der Waals surface area (Å²) in [5.41, 5.74) is 2.63. The van der Waals surface area contributed by atoms with Gasteiger partial charge in [0.1, 0.15) is 6.04 Å². The van der Waals surface area contributed by atoms with E-state index in [0.29, 0.717) is 0 Å². The monoisotopic (exact) mass is 310 g/mol. The van der Waals surface area contributed by atoms with Gasteiger partial charge in [0.05, 0.1) is 6.61 Å². The van der Waals surface area contributed by atoms with Crippen LogP contribution < -0.4 is 5.32 Å². The summed E-state index contributed by atoms with van der Waals surface area (Å²) in [5.74, 6) is 0.114. The van der Waals surface area contributed by atoms with E-state index in [0.717, 1.165) is 42.7 Å². The Morgan fingerprint density at radius 2 is 1.83 bits per heavy atom. The number of hydrogen-bond donors (Lipinski definition) is 2. The van der Waals surface area contributed by atoms with E-state index < -0.39 is 6.04 Å². The summed E-state index contributed by atoms with van der Waals surface area (Å²) in [7, 11) is 0. The highest BCUT2D eigenvalue weighted by Gasteiger charge is 2.27. The van der Waals surface area contributed by atoms with Gasteiger partial charge in [-0.05, 0) is 36.1 Å². The fourth-order valence-corrected chi connectivity index (χ4v) is 2.98. The zero-order valence-corrected chi connectivity index (χ0v) is 13.1. The minimum Gasteiger partial charge on any atom is -0.392 e. The van der Waals surface area contributed by atoms with Crippen molar-refractivity contribution < 1.29 is 9.90 Å². The van der Waals surface area contributed by atoms with E-state index >= 15 is 0 Å². The van der Waals surface area contributed by atoms with Gasteiger partial charge >= 0.3 is 0 Å². The molecule has 0 unspecified atom stereocenters. The van der Waals surface area contributed by atoms with Crippen LogP contribution >= 0.6 is 0 Å². The Morgan fingerprint density at radius 1 is 1.09 bits per heavy atom. The summed E-state index contributed by atoms with van der Waals surface area (Å²) in [6.07, 6.45) is 2.15. The SMILES string of the molecule is O=C([C@@H](Nc1cccc(CO)c1)c1ccccc1)N1CCCC1. The van der Waals surface area contributed by atoms with Crippen molar-refractivity contribution in [3.63, 3.8) is 0 Å². The number of nitrogens with zero attached hydrogens (tertiary/aromatic N) is 1. The van der Waals surface area contributed by atoms with Gasteiger partial charge in [0.15, 0.2) is 0 Å². The molecule has 0 radical (unpaired) electrons. The fraction of sp³-hybridized carbons (Fsp3) is 0.316. The number of anilines is 1. The molecule has 4 nitrogen and oxygen atoms in total. The largest absolute Gasteiger partial charge is 0.392 e. The van der Waals surface area contributed by atoms with Crippen LogP contribution in [0.15, 0.2) is 54.6 Å². The quantitative estimate of drug-likeness (QED) is 0.893. The first-order valence-corrected chi connectivity index (χ1v) is 8.08. The summed E-state index contributed by atoms with van der Waals surface area (Å²) in [6, 6.07) is 17.0. The highest BCUT2D eigenvalue weighted by Crippen LogP contribution is 2.24. The molecule has 1 saturated heterocycles. The van der Waals surface area contributed by atoms with Gasteiger partial charge < -0.3 is 15.3 Å². The van der Waals surface area contributed by atoms with Gasteiger partial charge in [-0.1, -0.05) is 42.5 Å². The van der Waals surface area contributed by atoms with Crippen molar-refractivity contribution in [2.24, 2.45) is 0 Å². The lowest BCUT2D eigenvalue weighted by atomic mass is 10.0. The molecule has 0 aliphatic carbocycles. The van der Waals surface area contributed by atoms with E-state index in [-0.39, 0.29) is 12.5 Å². The lowest BCUT2D eigenvalue weighted by Gasteiger charge is -2.25. The van der Waals surface area contributed by atoms with Crippen LogP contribution in [-0.2, 0) is 11.4 Å². The summed E-state index contributed by atoms with van der Waals surface area (Å²) in [5, 5.41) is 12.6. The van der Waals surface area contributed by atoms with Crippen LogP contribution in [-0.4, -0.2) is 29.0 Å². The van der Waals surface area contributed by atoms with Crippen LogP contribution in [0.4, 0.5) is 5.69 Å². The van der Waals surface area contributed by atoms with Gasteiger partial charge in [-0.3, -0.25) is 4.79 Å². The van der Waals surface area contributed by atoms with E-state index in [1.54, 1.807) is 0 Å². The Kier molecular flexibility index (Phi) is 4.93. The van der Waals surface area contributed by atoms with Gasteiger partial charge in [0.2, 0.25) is 5.91 Å². The third-order valence-corrected chi connectivity index (χ3v) is 4.22. The van der Waals surface area contributed by atoms with E-state index in [2.05, 4.69) is 5.32 Å². The molecule has 1 heterocycles. The maximum atomic E-state index is 12.9. The number of hydrogen-bond acceptors (Lipinski definition) is 3. The van der Waals surface area contributed by atoms with Gasteiger partial charge in [0, 0.05) is 18.8 Å². The number of rotatable bonds is 5. The predicted octanol–water partition coefficient (Wildman–Crippen LogP) is 2.95. The second-order valence-electron chi connectivity index (χ2n) is 5.88. The highest BCUT2D eigenvalue weighted by molar-refractivity contribution is 5.86. The maximum Gasteiger partial charge on any atom is 0.249 e. The van der Waals surface area contributed by atoms with Crippen LogP contribution in [0.1, 0.15) is 30.0 Å². The molecule has 3 rings (SSSR count). The molecule has 23 heavy (non-hydrogen) atoms. The van der Waals surface area contributed by atoms with Crippen molar-refractivity contribution in [2.75, 3.05) is 18.4 Å². The van der Waals surface area contributed by atoms with Crippen LogP contribution in [0.2, 0.25) is 0 Å². The average Bonchev–Trinajstić information content (AvgIpc) is 3.15. The topological polar surface area (TPSA) is 52.6 Å². The number of likely N-dealkylation sites (tertiary alicyclic amines) is 1. The van der Waals surface area contributed by atoms with Crippen LogP contribution in [0.25, 0.3) is 0 Å². The Morgan fingerprint density at radius 3 is 2.52 bits per heavy atom. The molecule has 1 atom stereocenters. The van der Waals surface area contributed by atoms with E-state index in [1.165, 1.54) is 0 Å². The number of carbonyl (C=O) groups excluding carboxylic acids is 1. The smallest absolute Gasteiger partial charge is 0.249 e. The number of nitrogens with one attached hydrogen (secondary N) is 1. The molecular weight excluding hydrogens is 288 g/mol. The van der Waals surface area contributed by atoms with Crippen molar-refractivity contribution in [3.8, 4) is 0 Å². The predicted molar refractivity (Wildman–Crippen MR) is 91.0 cm³/mol. The van der Waals surface area contributed by atoms with E-state index in [9.17, 15) is 9.90 Å². The Bertz CT molecular complexity index is 651. The molecule has 1 amide bonds. The first-order valence-electron chi connectivity index (χ1n) is 8.08.